The molecular formula is C23H32N6O. The average Bonchev–Trinajstić information content (AvgIpc) is 3.49. The summed E-state index contributed by atoms with van der Waals surface area (Å²) in [5.74, 6) is 1.37. The van der Waals surface area contributed by atoms with Crippen molar-refractivity contribution in [3.8, 4) is 5.69 Å². The lowest BCUT2D eigenvalue weighted by Gasteiger charge is -2.26. The first-order valence-corrected chi connectivity index (χ1v) is 11.1. The molecule has 2 N–H and O–H groups in total. The lowest BCUT2D eigenvalue weighted by atomic mass is 9.88. The third-order valence-electron chi connectivity index (χ3n) is 6.24. The van der Waals surface area contributed by atoms with Crippen LogP contribution in [-0.2, 0) is 11.3 Å². The lowest BCUT2D eigenvalue weighted by molar-refractivity contribution is -0.135. The van der Waals surface area contributed by atoms with Crippen LogP contribution in [-0.4, -0.2) is 52.5 Å². The van der Waals surface area contributed by atoms with Gasteiger partial charge < -0.3 is 20.1 Å². The van der Waals surface area contributed by atoms with E-state index in [0.717, 1.165) is 44.0 Å². The van der Waals surface area contributed by atoms with E-state index in [4.69, 9.17) is 0 Å². The number of aliphatic imine (C=N–C) groups is 1. The lowest BCUT2D eigenvalue weighted by Crippen LogP contribution is -2.45. The van der Waals surface area contributed by atoms with E-state index in [1.54, 1.807) is 13.2 Å². The number of aromatic nitrogens is 2. The minimum atomic E-state index is 0.243. The highest BCUT2D eigenvalue weighted by atomic mass is 16.2. The predicted octanol–water partition coefficient (Wildman–Crippen LogP) is 2.72. The fourth-order valence-corrected chi connectivity index (χ4v) is 4.57. The largest absolute Gasteiger partial charge is 0.352 e. The van der Waals surface area contributed by atoms with Gasteiger partial charge in [0.2, 0.25) is 5.91 Å². The molecule has 7 nitrogen and oxygen atoms in total. The summed E-state index contributed by atoms with van der Waals surface area (Å²) in [6, 6.07) is 8.51. The Labute approximate surface area is 178 Å². The van der Waals surface area contributed by atoms with Crippen LogP contribution in [0, 0.1) is 5.92 Å². The van der Waals surface area contributed by atoms with Gasteiger partial charge in [0.1, 0.15) is 0 Å². The number of benzene rings is 1. The van der Waals surface area contributed by atoms with Crippen LogP contribution in [0.15, 0.2) is 48.0 Å². The molecule has 1 aromatic carbocycles. The fraction of sp³-hybridized carbons (Fsp3) is 0.522. The normalized spacial score (nSPS) is 20.4. The standard InChI is InChI=1S/C23H32N6O/c1-24-23(26-15-19-9-5-6-10-21(19)29-14-12-25-17-29)27-20-11-13-28(16-20)22(30)18-7-3-2-4-8-18/h5-6,9-10,12,14,17-18,20H,2-4,7-8,11,13,15-16H2,1H3,(H2,24,26,27). The van der Waals surface area contributed by atoms with Gasteiger partial charge in [-0.05, 0) is 30.9 Å². The number of carbonyl (C=O) groups is 1. The Morgan fingerprint density at radius 2 is 2.03 bits per heavy atom. The molecule has 0 radical (unpaired) electrons. The molecule has 2 fully saturated rings. The minimum Gasteiger partial charge on any atom is -0.352 e. The number of carbonyl (C=O) groups excluding carboxylic acids is 1. The summed E-state index contributed by atoms with van der Waals surface area (Å²) >= 11 is 0. The van der Waals surface area contributed by atoms with Gasteiger partial charge in [-0.2, -0.15) is 0 Å². The number of amides is 1. The van der Waals surface area contributed by atoms with Crippen molar-refractivity contribution >= 4 is 11.9 Å². The fourth-order valence-electron chi connectivity index (χ4n) is 4.57. The Hall–Kier alpha value is -2.83. The van der Waals surface area contributed by atoms with Crippen molar-refractivity contribution < 1.29 is 4.79 Å². The molecule has 2 aromatic rings. The van der Waals surface area contributed by atoms with E-state index in [9.17, 15) is 4.79 Å². The zero-order chi connectivity index (χ0) is 20.8. The van der Waals surface area contributed by atoms with Crippen LogP contribution < -0.4 is 10.6 Å². The third kappa shape index (κ3) is 4.83. The Bertz CT molecular complexity index is 856. The number of hydrogen-bond acceptors (Lipinski definition) is 3. The highest BCUT2D eigenvalue weighted by Crippen LogP contribution is 2.26. The summed E-state index contributed by atoms with van der Waals surface area (Å²) in [4.78, 5) is 23.4. The molecule has 160 valence electrons. The topological polar surface area (TPSA) is 74.6 Å². The summed E-state index contributed by atoms with van der Waals surface area (Å²) in [5, 5.41) is 6.93. The second kappa shape index (κ2) is 9.78. The highest BCUT2D eigenvalue weighted by Gasteiger charge is 2.31. The zero-order valence-electron chi connectivity index (χ0n) is 17.8. The van der Waals surface area contributed by atoms with Crippen molar-refractivity contribution in [1.82, 2.24) is 25.1 Å². The summed E-state index contributed by atoms with van der Waals surface area (Å²) < 4.78 is 2.01. The van der Waals surface area contributed by atoms with Crippen molar-refractivity contribution in [2.24, 2.45) is 10.9 Å². The van der Waals surface area contributed by atoms with Crippen molar-refractivity contribution in [2.75, 3.05) is 20.1 Å². The molecule has 30 heavy (non-hydrogen) atoms. The number of rotatable bonds is 5. The second-order valence-corrected chi connectivity index (χ2v) is 8.27. The van der Waals surface area contributed by atoms with Crippen molar-refractivity contribution in [2.45, 2.75) is 51.1 Å². The molecule has 2 aliphatic rings. The first-order valence-electron chi connectivity index (χ1n) is 11.1. The Balaban J connectivity index is 1.30. The van der Waals surface area contributed by atoms with Gasteiger partial charge >= 0.3 is 0 Å². The number of nitrogens with one attached hydrogen (secondary N) is 2. The first kappa shape index (κ1) is 20.4. The number of hydrogen-bond donors (Lipinski definition) is 2. The van der Waals surface area contributed by atoms with Gasteiger partial charge in [0, 0.05) is 51.0 Å². The van der Waals surface area contributed by atoms with Crippen LogP contribution in [0.5, 0.6) is 0 Å². The molecule has 1 aromatic heterocycles. The molecule has 1 amide bonds. The third-order valence-corrected chi connectivity index (χ3v) is 6.24. The Morgan fingerprint density at radius 1 is 1.20 bits per heavy atom. The number of likely N-dealkylation sites (tertiary alicyclic amines) is 1. The Kier molecular flexibility index (Phi) is 6.67. The van der Waals surface area contributed by atoms with E-state index < -0.39 is 0 Å². The van der Waals surface area contributed by atoms with Gasteiger partial charge in [0.15, 0.2) is 5.96 Å². The van der Waals surface area contributed by atoms with Crippen LogP contribution in [0.25, 0.3) is 5.69 Å². The van der Waals surface area contributed by atoms with E-state index in [0.29, 0.717) is 12.5 Å². The molecule has 0 spiro atoms. The highest BCUT2D eigenvalue weighted by molar-refractivity contribution is 5.81. The molecule has 1 aliphatic carbocycles. The van der Waals surface area contributed by atoms with Crippen molar-refractivity contribution in [1.29, 1.82) is 0 Å². The number of guanidine groups is 1. The van der Waals surface area contributed by atoms with Gasteiger partial charge in [0.25, 0.3) is 0 Å². The van der Waals surface area contributed by atoms with Crippen LogP contribution in [0.2, 0.25) is 0 Å². The number of nitrogens with zero attached hydrogens (tertiary/aromatic N) is 4. The quantitative estimate of drug-likeness (QED) is 0.589. The summed E-state index contributed by atoms with van der Waals surface area (Å²) in [6.45, 7) is 2.26. The molecule has 0 bridgehead atoms. The van der Waals surface area contributed by atoms with Gasteiger partial charge in [-0.15, -0.1) is 0 Å². The SMILES string of the molecule is CN=C(NCc1ccccc1-n1ccnc1)NC1CCN(C(=O)C2CCCCC2)C1. The molecule has 1 unspecified atom stereocenters. The predicted molar refractivity (Wildman–Crippen MR) is 118 cm³/mol. The molecule has 1 aliphatic heterocycles. The van der Waals surface area contributed by atoms with Gasteiger partial charge in [-0.25, -0.2) is 4.98 Å². The van der Waals surface area contributed by atoms with Crippen molar-refractivity contribution in [3.63, 3.8) is 0 Å². The average molecular weight is 409 g/mol. The molecule has 7 heteroatoms. The molecule has 1 saturated carbocycles. The maximum absolute atomic E-state index is 12.8. The van der Waals surface area contributed by atoms with Gasteiger partial charge in [-0.1, -0.05) is 37.5 Å². The molecular weight excluding hydrogens is 376 g/mol. The van der Waals surface area contributed by atoms with Crippen molar-refractivity contribution in [3.05, 3.63) is 48.5 Å². The van der Waals surface area contributed by atoms with E-state index >= 15 is 0 Å². The smallest absolute Gasteiger partial charge is 0.225 e. The maximum atomic E-state index is 12.8. The Morgan fingerprint density at radius 3 is 2.80 bits per heavy atom. The maximum Gasteiger partial charge on any atom is 0.225 e. The van der Waals surface area contributed by atoms with Crippen LogP contribution in [0.3, 0.4) is 0 Å². The number of imidazole rings is 1. The van der Waals surface area contributed by atoms with E-state index in [1.165, 1.54) is 24.8 Å². The first-order chi connectivity index (χ1) is 14.7. The zero-order valence-corrected chi connectivity index (χ0v) is 17.8. The minimum absolute atomic E-state index is 0.243. The van der Waals surface area contributed by atoms with E-state index in [1.807, 2.05) is 29.2 Å². The van der Waals surface area contributed by atoms with Gasteiger partial charge in [-0.3, -0.25) is 9.79 Å². The van der Waals surface area contributed by atoms with E-state index in [-0.39, 0.29) is 12.0 Å². The van der Waals surface area contributed by atoms with Gasteiger partial charge in [0.05, 0.1) is 12.0 Å². The summed E-state index contributed by atoms with van der Waals surface area (Å²) in [5.41, 5.74) is 2.27. The molecule has 1 saturated heterocycles. The van der Waals surface area contributed by atoms with Crippen LogP contribution in [0.4, 0.5) is 0 Å². The monoisotopic (exact) mass is 408 g/mol. The summed E-state index contributed by atoms with van der Waals surface area (Å²) in [6.07, 6.45) is 12.3. The second-order valence-electron chi connectivity index (χ2n) is 8.27. The van der Waals surface area contributed by atoms with Crippen LogP contribution >= 0.6 is 0 Å². The summed E-state index contributed by atoms with van der Waals surface area (Å²) in [7, 11) is 1.79. The number of para-hydroxylation sites is 1. The molecule has 4 rings (SSSR count). The molecule has 2 heterocycles. The van der Waals surface area contributed by atoms with Crippen LogP contribution in [0.1, 0.15) is 44.1 Å². The van der Waals surface area contributed by atoms with E-state index in [2.05, 4.69) is 37.6 Å². The molecule has 1 atom stereocenters.